The van der Waals surface area contributed by atoms with E-state index in [-0.39, 0.29) is 11.5 Å². The Hall–Kier alpha value is -1.88. The summed E-state index contributed by atoms with van der Waals surface area (Å²) in [5.41, 5.74) is -0.125. The van der Waals surface area contributed by atoms with E-state index in [1.165, 1.54) is 0 Å². The van der Waals surface area contributed by atoms with Crippen LogP contribution in [0.25, 0.3) is 0 Å². The number of allylic oxidation sites excluding steroid dienone is 2. The first-order valence-electron chi connectivity index (χ1n) is 8.87. The van der Waals surface area contributed by atoms with Gasteiger partial charge in [0.25, 0.3) is 0 Å². The van der Waals surface area contributed by atoms with Crippen LogP contribution in [0.2, 0.25) is 0 Å². The normalized spacial score (nSPS) is 25.2. The van der Waals surface area contributed by atoms with Crippen molar-refractivity contribution in [3.05, 3.63) is 36.7 Å². The van der Waals surface area contributed by atoms with Crippen LogP contribution in [0.4, 0.5) is 0 Å². The topological polar surface area (TPSA) is 51.7 Å². The minimum Gasteiger partial charge on any atom is -0.492 e. The van der Waals surface area contributed by atoms with Crippen LogP contribution in [-0.4, -0.2) is 47.7 Å². The molecule has 0 aromatic carbocycles. The number of rotatable bonds is 5. The molecule has 5 heteroatoms. The summed E-state index contributed by atoms with van der Waals surface area (Å²) in [5, 5.41) is 0. The predicted octanol–water partition coefficient (Wildman–Crippen LogP) is 2.43. The standard InChI is InChI=1S/C19H24N2O3/c22-18(15-4-1-2-5-15)21-13-19(14-21)16(8-11-24-19)7-10-23-17-6-3-9-20-12-17/h1-3,6,9,12,15-16H,4-5,7-8,10-11,13-14H2/t16-/m0/s1. The quantitative estimate of drug-likeness (QED) is 0.779. The summed E-state index contributed by atoms with van der Waals surface area (Å²) in [4.78, 5) is 18.5. The lowest BCUT2D eigenvalue weighted by Gasteiger charge is -2.51. The van der Waals surface area contributed by atoms with Gasteiger partial charge >= 0.3 is 0 Å². The number of nitrogens with zero attached hydrogens (tertiary/aromatic N) is 2. The molecule has 1 aromatic rings. The number of hydrogen-bond donors (Lipinski definition) is 0. The highest BCUT2D eigenvalue weighted by molar-refractivity contribution is 5.80. The molecule has 0 radical (unpaired) electrons. The maximum atomic E-state index is 12.5. The highest BCUT2D eigenvalue weighted by Gasteiger charge is 2.54. The molecule has 1 aliphatic carbocycles. The monoisotopic (exact) mass is 328 g/mol. The van der Waals surface area contributed by atoms with Crippen molar-refractivity contribution in [1.82, 2.24) is 9.88 Å². The molecular weight excluding hydrogens is 304 g/mol. The summed E-state index contributed by atoms with van der Waals surface area (Å²) < 4.78 is 11.8. The molecule has 0 saturated carbocycles. The lowest BCUT2D eigenvalue weighted by Crippen LogP contribution is -2.66. The van der Waals surface area contributed by atoms with E-state index in [2.05, 4.69) is 17.1 Å². The molecule has 2 aliphatic heterocycles. The first-order valence-corrected chi connectivity index (χ1v) is 8.87. The van der Waals surface area contributed by atoms with Gasteiger partial charge in [0.1, 0.15) is 11.4 Å². The third kappa shape index (κ3) is 2.93. The molecule has 1 atom stereocenters. The highest BCUT2D eigenvalue weighted by Crippen LogP contribution is 2.42. The molecule has 1 aromatic heterocycles. The summed E-state index contributed by atoms with van der Waals surface area (Å²) in [5.74, 6) is 1.74. The largest absolute Gasteiger partial charge is 0.492 e. The second-order valence-electron chi connectivity index (χ2n) is 7.06. The zero-order valence-electron chi connectivity index (χ0n) is 13.9. The third-order valence-electron chi connectivity index (χ3n) is 5.56. The number of carbonyl (C=O) groups is 1. The van der Waals surface area contributed by atoms with E-state index in [1.807, 2.05) is 17.0 Å². The molecule has 2 saturated heterocycles. The number of amides is 1. The van der Waals surface area contributed by atoms with Crippen LogP contribution in [0, 0.1) is 11.8 Å². The van der Waals surface area contributed by atoms with Gasteiger partial charge in [-0.25, -0.2) is 0 Å². The van der Waals surface area contributed by atoms with Crippen LogP contribution in [0.3, 0.4) is 0 Å². The van der Waals surface area contributed by atoms with Gasteiger partial charge < -0.3 is 14.4 Å². The summed E-state index contributed by atoms with van der Waals surface area (Å²) in [6.07, 6.45) is 11.5. The third-order valence-corrected chi connectivity index (χ3v) is 5.56. The molecule has 4 rings (SSSR count). The van der Waals surface area contributed by atoms with E-state index in [1.54, 1.807) is 12.4 Å². The van der Waals surface area contributed by atoms with Gasteiger partial charge in [-0.2, -0.15) is 0 Å². The van der Waals surface area contributed by atoms with E-state index in [0.717, 1.165) is 51.1 Å². The Morgan fingerprint density at radius 2 is 2.21 bits per heavy atom. The Kier molecular flexibility index (Phi) is 4.27. The van der Waals surface area contributed by atoms with Crippen molar-refractivity contribution in [2.24, 2.45) is 11.8 Å². The zero-order valence-corrected chi connectivity index (χ0v) is 13.9. The first kappa shape index (κ1) is 15.6. The van der Waals surface area contributed by atoms with Crippen LogP contribution in [0.15, 0.2) is 36.7 Å². The maximum absolute atomic E-state index is 12.5. The number of pyridine rings is 1. The van der Waals surface area contributed by atoms with Crippen molar-refractivity contribution in [3.8, 4) is 5.75 Å². The lowest BCUT2D eigenvalue weighted by molar-refractivity contribution is -0.169. The Morgan fingerprint density at radius 3 is 2.96 bits per heavy atom. The Morgan fingerprint density at radius 1 is 1.38 bits per heavy atom. The van der Waals surface area contributed by atoms with Gasteiger partial charge in [0.15, 0.2) is 0 Å². The number of ether oxygens (including phenoxy) is 2. The zero-order chi connectivity index (χ0) is 16.4. The van der Waals surface area contributed by atoms with Crippen molar-refractivity contribution < 1.29 is 14.3 Å². The summed E-state index contributed by atoms with van der Waals surface area (Å²) >= 11 is 0. The molecule has 3 aliphatic rings. The van der Waals surface area contributed by atoms with E-state index in [0.29, 0.717) is 18.4 Å². The van der Waals surface area contributed by atoms with Crippen LogP contribution in [0.5, 0.6) is 5.75 Å². The van der Waals surface area contributed by atoms with Gasteiger partial charge in [-0.1, -0.05) is 12.2 Å². The van der Waals surface area contributed by atoms with Gasteiger partial charge in [0.2, 0.25) is 5.91 Å². The average molecular weight is 328 g/mol. The first-order chi connectivity index (χ1) is 11.8. The Balaban J connectivity index is 1.27. The summed E-state index contributed by atoms with van der Waals surface area (Å²) in [7, 11) is 0. The average Bonchev–Trinajstić information content (AvgIpc) is 3.24. The number of aromatic nitrogens is 1. The SMILES string of the molecule is O=C(C1CC=CC1)N1CC2(C1)OCC[C@@H]2CCOc1cccnc1. The van der Waals surface area contributed by atoms with Crippen molar-refractivity contribution in [3.63, 3.8) is 0 Å². The predicted molar refractivity (Wildman–Crippen MR) is 89.6 cm³/mol. The van der Waals surface area contributed by atoms with Crippen molar-refractivity contribution in [2.75, 3.05) is 26.3 Å². The summed E-state index contributed by atoms with van der Waals surface area (Å²) in [6.45, 7) is 2.96. The fraction of sp³-hybridized carbons (Fsp3) is 0.579. The van der Waals surface area contributed by atoms with Gasteiger partial charge in [0.05, 0.1) is 25.9 Å². The van der Waals surface area contributed by atoms with Gasteiger partial charge in [-0.3, -0.25) is 9.78 Å². The Labute approximate surface area is 142 Å². The van der Waals surface area contributed by atoms with Crippen LogP contribution < -0.4 is 4.74 Å². The minimum atomic E-state index is -0.125. The number of hydrogen-bond acceptors (Lipinski definition) is 4. The lowest BCUT2D eigenvalue weighted by atomic mass is 9.78. The van der Waals surface area contributed by atoms with Crippen molar-refractivity contribution >= 4 is 5.91 Å². The van der Waals surface area contributed by atoms with Crippen LogP contribution in [-0.2, 0) is 9.53 Å². The summed E-state index contributed by atoms with van der Waals surface area (Å²) in [6, 6.07) is 3.80. The second kappa shape index (κ2) is 6.55. The molecule has 24 heavy (non-hydrogen) atoms. The molecule has 1 amide bonds. The molecule has 128 valence electrons. The van der Waals surface area contributed by atoms with Crippen molar-refractivity contribution in [2.45, 2.75) is 31.3 Å². The maximum Gasteiger partial charge on any atom is 0.226 e. The molecular formula is C19H24N2O3. The van der Waals surface area contributed by atoms with Gasteiger partial charge in [-0.15, -0.1) is 0 Å². The van der Waals surface area contributed by atoms with Crippen LogP contribution in [0.1, 0.15) is 25.7 Å². The molecule has 0 N–H and O–H groups in total. The van der Waals surface area contributed by atoms with Crippen molar-refractivity contribution in [1.29, 1.82) is 0 Å². The highest BCUT2D eigenvalue weighted by atomic mass is 16.5. The molecule has 2 fully saturated rings. The smallest absolute Gasteiger partial charge is 0.226 e. The fourth-order valence-corrected chi connectivity index (χ4v) is 4.13. The molecule has 1 spiro atoms. The molecule has 0 unspecified atom stereocenters. The van der Waals surface area contributed by atoms with E-state index in [9.17, 15) is 4.79 Å². The fourth-order valence-electron chi connectivity index (χ4n) is 4.13. The Bertz CT molecular complexity index is 602. The molecule has 3 heterocycles. The second-order valence-corrected chi connectivity index (χ2v) is 7.06. The number of carbonyl (C=O) groups excluding carboxylic acids is 1. The van der Waals surface area contributed by atoms with E-state index < -0.39 is 0 Å². The minimum absolute atomic E-state index is 0.125. The van der Waals surface area contributed by atoms with Crippen LogP contribution >= 0.6 is 0 Å². The molecule has 0 bridgehead atoms. The van der Waals surface area contributed by atoms with Gasteiger partial charge in [-0.05, 0) is 43.7 Å². The van der Waals surface area contributed by atoms with Gasteiger partial charge in [0, 0.05) is 18.7 Å². The van der Waals surface area contributed by atoms with E-state index >= 15 is 0 Å². The number of likely N-dealkylation sites (tertiary alicyclic amines) is 1. The van der Waals surface area contributed by atoms with E-state index in [4.69, 9.17) is 9.47 Å². The molecule has 5 nitrogen and oxygen atoms in total.